The SMILES string of the molecule is C[Si](C)(C)CCOCn1cnc2c(Br)ccc(F)c2c1=O. The Kier molecular flexibility index (Phi) is 4.95. The first-order chi connectivity index (χ1) is 9.79. The molecule has 1 aromatic carbocycles. The van der Waals surface area contributed by atoms with Gasteiger partial charge in [-0.25, -0.2) is 9.37 Å². The lowest BCUT2D eigenvalue weighted by Gasteiger charge is -2.15. The van der Waals surface area contributed by atoms with Crippen molar-refractivity contribution in [3.05, 3.63) is 39.1 Å². The molecule has 0 saturated heterocycles. The second-order valence-electron chi connectivity index (χ2n) is 6.12. The van der Waals surface area contributed by atoms with Gasteiger partial charge in [0.25, 0.3) is 5.56 Å². The normalized spacial score (nSPS) is 12.0. The highest BCUT2D eigenvalue weighted by Gasteiger charge is 2.14. The van der Waals surface area contributed by atoms with Gasteiger partial charge in [-0.05, 0) is 34.1 Å². The van der Waals surface area contributed by atoms with Crippen LogP contribution in [-0.2, 0) is 11.5 Å². The Balaban J connectivity index is 2.21. The molecule has 7 heteroatoms. The summed E-state index contributed by atoms with van der Waals surface area (Å²) >= 11 is 3.27. The van der Waals surface area contributed by atoms with Gasteiger partial charge in [0.05, 0.1) is 5.52 Å². The first-order valence-electron chi connectivity index (χ1n) is 6.70. The van der Waals surface area contributed by atoms with Crippen molar-refractivity contribution in [3.63, 3.8) is 0 Å². The first kappa shape index (κ1) is 16.3. The third-order valence-corrected chi connectivity index (χ3v) is 5.45. The van der Waals surface area contributed by atoms with Crippen LogP contribution in [-0.4, -0.2) is 24.2 Å². The number of ether oxygens (including phenoxy) is 1. The van der Waals surface area contributed by atoms with Crippen LogP contribution in [0.4, 0.5) is 4.39 Å². The van der Waals surface area contributed by atoms with E-state index in [4.69, 9.17) is 4.74 Å². The number of nitrogens with zero attached hydrogens (tertiary/aromatic N) is 2. The summed E-state index contributed by atoms with van der Waals surface area (Å²) in [7, 11) is -1.16. The van der Waals surface area contributed by atoms with Gasteiger partial charge in [0.1, 0.15) is 24.3 Å². The van der Waals surface area contributed by atoms with E-state index in [9.17, 15) is 9.18 Å². The minimum absolute atomic E-state index is 0.0133. The fourth-order valence-corrected chi connectivity index (χ4v) is 3.02. The third kappa shape index (κ3) is 3.99. The Morgan fingerprint density at radius 2 is 2.10 bits per heavy atom. The molecule has 1 heterocycles. The number of aromatic nitrogens is 2. The van der Waals surface area contributed by atoms with Crippen molar-refractivity contribution >= 4 is 34.9 Å². The molecular formula is C14H18BrFN2O2Si. The summed E-state index contributed by atoms with van der Waals surface area (Å²) in [4.78, 5) is 16.4. The molecule has 0 fully saturated rings. The van der Waals surface area contributed by atoms with E-state index < -0.39 is 19.5 Å². The summed E-state index contributed by atoms with van der Waals surface area (Å²) in [5, 5.41) is -0.0133. The molecule has 1 aromatic heterocycles. The monoisotopic (exact) mass is 372 g/mol. The molecule has 0 amide bonds. The van der Waals surface area contributed by atoms with Crippen molar-refractivity contribution in [2.45, 2.75) is 32.4 Å². The number of hydrogen-bond acceptors (Lipinski definition) is 3. The molecule has 0 atom stereocenters. The van der Waals surface area contributed by atoms with Crippen LogP contribution >= 0.6 is 15.9 Å². The summed E-state index contributed by atoms with van der Waals surface area (Å²) in [6, 6.07) is 3.81. The molecular weight excluding hydrogens is 355 g/mol. The molecule has 2 rings (SSSR count). The topological polar surface area (TPSA) is 44.1 Å². The van der Waals surface area contributed by atoms with E-state index >= 15 is 0 Å². The van der Waals surface area contributed by atoms with E-state index in [1.807, 2.05) is 0 Å². The van der Waals surface area contributed by atoms with E-state index in [0.29, 0.717) is 16.6 Å². The van der Waals surface area contributed by atoms with Gasteiger partial charge in [0, 0.05) is 19.2 Å². The molecule has 0 bridgehead atoms. The molecule has 2 aromatic rings. The molecule has 0 unspecified atom stereocenters. The smallest absolute Gasteiger partial charge is 0.266 e. The van der Waals surface area contributed by atoms with Crippen LogP contribution in [0.5, 0.6) is 0 Å². The minimum atomic E-state index is -1.16. The van der Waals surface area contributed by atoms with Crippen LogP contribution < -0.4 is 5.56 Å². The van der Waals surface area contributed by atoms with Crippen LogP contribution in [0.15, 0.2) is 27.7 Å². The summed E-state index contributed by atoms with van der Waals surface area (Å²) in [5.74, 6) is -0.567. The predicted molar refractivity (Wildman–Crippen MR) is 87.8 cm³/mol. The van der Waals surface area contributed by atoms with Gasteiger partial charge in [-0.1, -0.05) is 19.6 Å². The van der Waals surface area contributed by atoms with Crippen LogP contribution in [0.1, 0.15) is 0 Å². The van der Waals surface area contributed by atoms with Crippen molar-refractivity contribution in [3.8, 4) is 0 Å². The second-order valence-corrected chi connectivity index (χ2v) is 12.6. The largest absolute Gasteiger partial charge is 0.361 e. The molecule has 114 valence electrons. The Morgan fingerprint density at radius 3 is 2.76 bits per heavy atom. The zero-order valence-electron chi connectivity index (χ0n) is 12.3. The van der Waals surface area contributed by atoms with E-state index in [1.165, 1.54) is 17.0 Å². The van der Waals surface area contributed by atoms with Gasteiger partial charge in [-0.15, -0.1) is 0 Å². The van der Waals surface area contributed by atoms with E-state index in [-0.39, 0.29) is 12.1 Å². The van der Waals surface area contributed by atoms with Crippen molar-refractivity contribution in [2.24, 2.45) is 0 Å². The quantitative estimate of drug-likeness (QED) is 0.594. The van der Waals surface area contributed by atoms with Crippen LogP contribution in [0.3, 0.4) is 0 Å². The molecule has 0 aliphatic heterocycles. The van der Waals surface area contributed by atoms with Gasteiger partial charge in [0.15, 0.2) is 0 Å². The highest BCUT2D eigenvalue weighted by Crippen LogP contribution is 2.21. The Labute approximate surface area is 132 Å². The van der Waals surface area contributed by atoms with Gasteiger partial charge >= 0.3 is 0 Å². The first-order valence-corrected chi connectivity index (χ1v) is 11.2. The van der Waals surface area contributed by atoms with Gasteiger partial charge in [-0.2, -0.15) is 0 Å². The van der Waals surface area contributed by atoms with Crippen molar-refractivity contribution in [1.82, 2.24) is 9.55 Å². The summed E-state index contributed by atoms with van der Waals surface area (Å²) in [6.07, 6.45) is 1.39. The average molecular weight is 373 g/mol. The summed E-state index contributed by atoms with van der Waals surface area (Å²) in [6.45, 7) is 7.46. The highest BCUT2D eigenvalue weighted by molar-refractivity contribution is 9.10. The highest BCUT2D eigenvalue weighted by atomic mass is 79.9. The molecule has 0 saturated carbocycles. The number of hydrogen-bond donors (Lipinski definition) is 0. The van der Waals surface area contributed by atoms with Gasteiger partial charge in [-0.3, -0.25) is 9.36 Å². The van der Waals surface area contributed by atoms with E-state index in [1.54, 1.807) is 6.07 Å². The number of halogens is 2. The maximum absolute atomic E-state index is 13.8. The third-order valence-electron chi connectivity index (χ3n) is 3.11. The lowest BCUT2D eigenvalue weighted by Crippen LogP contribution is -2.25. The van der Waals surface area contributed by atoms with Gasteiger partial charge in [0.2, 0.25) is 0 Å². The maximum Gasteiger partial charge on any atom is 0.266 e. The van der Waals surface area contributed by atoms with Crippen LogP contribution in [0.2, 0.25) is 25.7 Å². The Morgan fingerprint density at radius 1 is 1.38 bits per heavy atom. The summed E-state index contributed by atoms with van der Waals surface area (Å²) < 4.78 is 21.3. The Hall–Kier alpha value is -1.05. The zero-order valence-corrected chi connectivity index (χ0v) is 14.9. The molecule has 0 radical (unpaired) electrons. The van der Waals surface area contributed by atoms with Crippen LogP contribution in [0, 0.1) is 5.82 Å². The minimum Gasteiger partial charge on any atom is -0.361 e. The maximum atomic E-state index is 13.8. The van der Waals surface area contributed by atoms with Crippen molar-refractivity contribution < 1.29 is 9.13 Å². The number of rotatable bonds is 5. The standard InChI is InChI=1S/C14H18BrFN2O2Si/c1-21(2,3)7-6-20-9-18-8-17-13-10(15)4-5-11(16)12(13)14(18)19/h4-5,8H,6-7,9H2,1-3H3. The molecule has 4 nitrogen and oxygen atoms in total. The molecule has 21 heavy (non-hydrogen) atoms. The molecule has 0 N–H and O–H groups in total. The number of fused-ring (bicyclic) bond motifs is 1. The second kappa shape index (κ2) is 6.37. The predicted octanol–water partition coefficient (Wildman–Crippen LogP) is 3.61. The molecule has 0 aliphatic carbocycles. The van der Waals surface area contributed by atoms with Crippen molar-refractivity contribution in [1.29, 1.82) is 0 Å². The average Bonchev–Trinajstić information content (AvgIpc) is 2.39. The Bertz CT molecular complexity index is 712. The lowest BCUT2D eigenvalue weighted by atomic mass is 10.2. The summed E-state index contributed by atoms with van der Waals surface area (Å²) in [5.41, 5.74) is -0.0925. The fraction of sp³-hybridized carbons (Fsp3) is 0.429. The fourth-order valence-electron chi connectivity index (χ4n) is 1.83. The number of benzene rings is 1. The van der Waals surface area contributed by atoms with Crippen LogP contribution in [0.25, 0.3) is 10.9 Å². The van der Waals surface area contributed by atoms with Crippen molar-refractivity contribution in [2.75, 3.05) is 6.61 Å². The van der Waals surface area contributed by atoms with Gasteiger partial charge < -0.3 is 4.74 Å². The molecule has 0 aliphatic rings. The zero-order chi connectivity index (χ0) is 15.6. The molecule has 0 spiro atoms. The lowest BCUT2D eigenvalue weighted by molar-refractivity contribution is 0.0844. The van der Waals surface area contributed by atoms with E-state index in [0.717, 1.165) is 6.04 Å². The van der Waals surface area contributed by atoms with E-state index in [2.05, 4.69) is 40.6 Å².